The molecule has 2 aromatic rings. The van der Waals surface area contributed by atoms with Crippen LogP contribution in [-0.2, 0) is 6.61 Å². The highest BCUT2D eigenvalue weighted by molar-refractivity contribution is 5.33. The molecule has 3 nitrogen and oxygen atoms in total. The van der Waals surface area contributed by atoms with E-state index in [9.17, 15) is 0 Å². The van der Waals surface area contributed by atoms with Gasteiger partial charge in [0.15, 0.2) is 0 Å². The fourth-order valence-electron chi connectivity index (χ4n) is 2.38. The summed E-state index contributed by atoms with van der Waals surface area (Å²) in [5.41, 5.74) is 1.08. The van der Waals surface area contributed by atoms with Gasteiger partial charge in [0.1, 0.15) is 24.7 Å². The van der Waals surface area contributed by atoms with Gasteiger partial charge in [-0.15, -0.1) is 0 Å². The van der Waals surface area contributed by atoms with Crippen molar-refractivity contribution in [2.75, 3.05) is 13.2 Å². The first-order chi connectivity index (χ1) is 10.8. The number of rotatable bonds is 6. The van der Waals surface area contributed by atoms with Crippen LogP contribution in [-0.4, -0.2) is 13.2 Å². The van der Waals surface area contributed by atoms with E-state index in [4.69, 9.17) is 9.47 Å². The van der Waals surface area contributed by atoms with Gasteiger partial charge in [-0.2, -0.15) is 0 Å². The molecule has 0 amide bonds. The summed E-state index contributed by atoms with van der Waals surface area (Å²) >= 11 is 0. The maximum absolute atomic E-state index is 5.88. The first kappa shape index (κ1) is 14.4. The molecule has 22 heavy (non-hydrogen) atoms. The highest BCUT2D eigenvalue weighted by atomic mass is 16.5. The minimum atomic E-state index is 0.508. The quantitative estimate of drug-likeness (QED) is 0.767. The van der Waals surface area contributed by atoms with E-state index in [0.29, 0.717) is 13.2 Å². The van der Waals surface area contributed by atoms with Gasteiger partial charge in [0.2, 0.25) is 0 Å². The lowest BCUT2D eigenvalue weighted by Crippen LogP contribution is -2.27. The first-order valence-corrected chi connectivity index (χ1v) is 7.45. The van der Waals surface area contributed by atoms with Crippen molar-refractivity contribution in [2.45, 2.75) is 13.0 Å². The molecule has 3 rings (SSSR count). The smallest absolute Gasteiger partial charge is 0.120 e. The van der Waals surface area contributed by atoms with Gasteiger partial charge in [-0.25, -0.2) is 0 Å². The van der Waals surface area contributed by atoms with Crippen LogP contribution in [0.15, 0.2) is 60.1 Å². The van der Waals surface area contributed by atoms with Crippen molar-refractivity contribution in [3.05, 3.63) is 71.3 Å². The Kier molecular flexibility index (Phi) is 4.54. The van der Waals surface area contributed by atoms with Crippen LogP contribution >= 0.6 is 0 Å². The van der Waals surface area contributed by atoms with Crippen molar-refractivity contribution < 1.29 is 9.47 Å². The van der Waals surface area contributed by atoms with Crippen LogP contribution in [0.4, 0.5) is 0 Å². The zero-order valence-electron chi connectivity index (χ0n) is 12.5. The van der Waals surface area contributed by atoms with E-state index in [1.807, 2.05) is 36.4 Å². The highest BCUT2D eigenvalue weighted by Crippen LogP contribution is 2.15. The molecule has 0 aliphatic carbocycles. The summed E-state index contributed by atoms with van der Waals surface area (Å²) < 4.78 is 11.4. The molecule has 0 aromatic heterocycles. The first-order valence-electron chi connectivity index (χ1n) is 7.45. The van der Waals surface area contributed by atoms with Crippen molar-refractivity contribution in [3.63, 3.8) is 0 Å². The molecule has 1 aliphatic rings. The Hall–Kier alpha value is -2.55. The monoisotopic (exact) mass is 293 g/mol. The van der Waals surface area contributed by atoms with Gasteiger partial charge in [-0.1, -0.05) is 30.9 Å². The van der Waals surface area contributed by atoms with Gasteiger partial charge in [-0.3, -0.25) is 4.99 Å². The second-order valence-corrected chi connectivity index (χ2v) is 5.13. The van der Waals surface area contributed by atoms with Crippen LogP contribution < -0.4 is 20.0 Å². The maximum Gasteiger partial charge on any atom is 0.120 e. The van der Waals surface area contributed by atoms with Gasteiger partial charge in [0.05, 0.1) is 5.36 Å². The van der Waals surface area contributed by atoms with Gasteiger partial charge >= 0.3 is 0 Å². The van der Waals surface area contributed by atoms with Gasteiger partial charge in [0, 0.05) is 6.54 Å². The van der Waals surface area contributed by atoms with Gasteiger partial charge < -0.3 is 9.47 Å². The largest absolute Gasteiger partial charge is 0.490 e. The Balaban J connectivity index is 1.69. The standard InChI is InChI=1S/C19H19NO2/c1-2-11-21-17-7-3-5-15(12-17)14-22-18-8-9-19-16(13-18)6-4-10-20-19/h2-3,5-9,12-13H,1,4,10-11,14H2. The fraction of sp³-hybridized carbons (Fsp3) is 0.211. The molecule has 0 spiro atoms. The summed E-state index contributed by atoms with van der Waals surface area (Å²) in [6, 6.07) is 14.0. The summed E-state index contributed by atoms with van der Waals surface area (Å²) in [5, 5.41) is 2.21. The average molecular weight is 293 g/mol. The Morgan fingerprint density at radius 3 is 2.91 bits per heavy atom. The summed E-state index contributed by atoms with van der Waals surface area (Å²) in [6.07, 6.45) is 4.94. The van der Waals surface area contributed by atoms with Crippen molar-refractivity contribution in [3.8, 4) is 11.5 Å². The molecule has 1 aliphatic heterocycles. The SMILES string of the molecule is C=CCOc1cccc(COc2ccc3c(c2)=CCCN=3)c1. The number of ether oxygens (including phenoxy) is 2. The van der Waals surface area contributed by atoms with Gasteiger partial charge in [0.25, 0.3) is 0 Å². The highest BCUT2D eigenvalue weighted by Gasteiger charge is 2.01. The number of benzene rings is 2. The van der Waals surface area contributed by atoms with Crippen LogP contribution in [0.3, 0.4) is 0 Å². The molecule has 0 atom stereocenters. The molecule has 0 saturated heterocycles. The number of hydrogen-bond donors (Lipinski definition) is 0. The molecule has 0 N–H and O–H groups in total. The summed E-state index contributed by atoms with van der Waals surface area (Å²) in [7, 11) is 0. The lowest BCUT2D eigenvalue weighted by atomic mass is 10.2. The number of nitrogens with zero attached hydrogens (tertiary/aromatic N) is 1. The topological polar surface area (TPSA) is 30.8 Å². The lowest BCUT2D eigenvalue weighted by molar-refractivity contribution is 0.304. The summed E-state index contributed by atoms with van der Waals surface area (Å²) in [5.74, 6) is 1.70. The number of hydrogen-bond acceptors (Lipinski definition) is 3. The molecule has 0 fully saturated rings. The third kappa shape index (κ3) is 3.55. The summed E-state index contributed by atoms with van der Waals surface area (Å²) in [4.78, 5) is 4.48. The van der Waals surface area contributed by atoms with Crippen LogP contribution in [0.1, 0.15) is 12.0 Å². The zero-order valence-corrected chi connectivity index (χ0v) is 12.5. The Morgan fingerprint density at radius 2 is 2.00 bits per heavy atom. The van der Waals surface area contributed by atoms with Crippen LogP contribution in [0.25, 0.3) is 6.08 Å². The molecule has 3 heteroatoms. The second kappa shape index (κ2) is 6.94. The van der Waals surface area contributed by atoms with E-state index in [-0.39, 0.29) is 0 Å². The van der Waals surface area contributed by atoms with Crippen molar-refractivity contribution >= 4 is 6.08 Å². The minimum absolute atomic E-state index is 0.508. The molecular weight excluding hydrogens is 274 g/mol. The predicted molar refractivity (Wildman–Crippen MR) is 87.6 cm³/mol. The Labute approximate surface area is 130 Å². The molecule has 0 unspecified atom stereocenters. The minimum Gasteiger partial charge on any atom is -0.490 e. The third-order valence-corrected chi connectivity index (χ3v) is 3.45. The van der Waals surface area contributed by atoms with Gasteiger partial charge in [-0.05, 0) is 47.5 Å². The Morgan fingerprint density at radius 1 is 1.09 bits per heavy atom. The maximum atomic E-state index is 5.88. The second-order valence-electron chi connectivity index (χ2n) is 5.13. The Bertz CT molecular complexity index is 780. The van der Waals surface area contributed by atoms with E-state index in [1.165, 1.54) is 0 Å². The van der Waals surface area contributed by atoms with Crippen molar-refractivity contribution in [1.29, 1.82) is 0 Å². The molecule has 112 valence electrons. The van der Waals surface area contributed by atoms with Crippen LogP contribution in [0.5, 0.6) is 11.5 Å². The molecule has 0 saturated carbocycles. The van der Waals surface area contributed by atoms with Crippen LogP contribution in [0, 0.1) is 0 Å². The third-order valence-electron chi connectivity index (χ3n) is 3.45. The predicted octanol–water partition coefficient (Wildman–Crippen LogP) is 2.63. The molecule has 2 aromatic carbocycles. The number of fused-ring (bicyclic) bond motifs is 1. The van der Waals surface area contributed by atoms with E-state index in [0.717, 1.165) is 40.6 Å². The zero-order chi connectivity index (χ0) is 15.2. The lowest BCUT2D eigenvalue weighted by Gasteiger charge is -2.09. The van der Waals surface area contributed by atoms with Crippen molar-refractivity contribution in [2.24, 2.45) is 4.99 Å². The molecule has 0 bridgehead atoms. The van der Waals surface area contributed by atoms with E-state index in [1.54, 1.807) is 6.08 Å². The van der Waals surface area contributed by atoms with Crippen LogP contribution in [0.2, 0.25) is 0 Å². The van der Waals surface area contributed by atoms with E-state index < -0.39 is 0 Å². The van der Waals surface area contributed by atoms with E-state index in [2.05, 4.69) is 23.7 Å². The normalized spacial score (nSPS) is 12.5. The molecular formula is C19H19NO2. The fourth-order valence-corrected chi connectivity index (χ4v) is 2.38. The molecule has 1 heterocycles. The molecule has 0 radical (unpaired) electrons. The van der Waals surface area contributed by atoms with Crippen molar-refractivity contribution in [1.82, 2.24) is 0 Å². The summed E-state index contributed by atoms with van der Waals surface area (Å²) in [6.45, 7) is 5.55. The average Bonchev–Trinajstić information content (AvgIpc) is 2.58. The van der Waals surface area contributed by atoms with E-state index >= 15 is 0 Å².